The molecule has 1 aliphatic rings. The number of rotatable bonds is 4. The lowest BCUT2D eigenvalue weighted by atomic mass is 9.75. The van der Waals surface area contributed by atoms with Crippen LogP contribution in [-0.4, -0.2) is 26.3 Å². The van der Waals surface area contributed by atoms with Gasteiger partial charge in [0.2, 0.25) is 0 Å². The summed E-state index contributed by atoms with van der Waals surface area (Å²) in [5, 5.41) is 0. The molecular weight excluding hydrogens is 152 g/mol. The Morgan fingerprint density at radius 2 is 1.50 bits per heavy atom. The molecule has 0 atom stereocenters. The van der Waals surface area contributed by atoms with Gasteiger partial charge in [-0.2, -0.15) is 0 Å². The van der Waals surface area contributed by atoms with Crippen LogP contribution < -0.4 is 11.5 Å². The molecule has 12 heavy (non-hydrogen) atoms. The maximum Gasteiger partial charge on any atom is 0.0471 e. The zero-order valence-corrected chi connectivity index (χ0v) is 7.72. The first-order chi connectivity index (χ1) is 5.83. The van der Waals surface area contributed by atoms with Crippen molar-refractivity contribution in [1.29, 1.82) is 0 Å². The van der Waals surface area contributed by atoms with E-state index >= 15 is 0 Å². The van der Waals surface area contributed by atoms with Gasteiger partial charge >= 0.3 is 0 Å². The number of hydrogen-bond donors (Lipinski definition) is 2. The molecule has 72 valence electrons. The zero-order chi connectivity index (χ0) is 8.86. The number of hydrogen-bond acceptors (Lipinski definition) is 3. The van der Waals surface area contributed by atoms with Gasteiger partial charge < -0.3 is 16.2 Å². The number of nitrogens with two attached hydrogens (primary N) is 2. The SMILES string of the molecule is NCCC1(CCN)CCOCC1. The molecule has 1 saturated heterocycles. The minimum Gasteiger partial charge on any atom is -0.381 e. The minimum atomic E-state index is 0.405. The highest BCUT2D eigenvalue weighted by atomic mass is 16.5. The van der Waals surface area contributed by atoms with Crippen molar-refractivity contribution in [3.05, 3.63) is 0 Å². The molecule has 1 rings (SSSR count). The van der Waals surface area contributed by atoms with Crippen molar-refractivity contribution in [3.8, 4) is 0 Å². The standard InChI is InChI=1S/C9H20N2O/c10-5-1-9(2-6-11)3-7-12-8-4-9/h1-8,10-11H2. The minimum absolute atomic E-state index is 0.405. The van der Waals surface area contributed by atoms with Crippen LogP contribution in [0.25, 0.3) is 0 Å². The molecule has 0 spiro atoms. The van der Waals surface area contributed by atoms with Crippen LogP contribution in [0.1, 0.15) is 25.7 Å². The maximum absolute atomic E-state index is 5.59. The fourth-order valence-corrected chi connectivity index (χ4v) is 2.04. The van der Waals surface area contributed by atoms with E-state index in [1.807, 2.05) is 0 Å². The third-order valence-corrected chi connectivity index (χ3v) is 2.90. The summed E-state index contributed by atoms with van der Waals surface area (Å²) in [5.41, 5.74) is 11.6. The van der Waals surface area contributed by atoms with Crippen LogP contribution in [-0.2, 0) is 4.74 Å². The van der Waals surface area contributed by atoms with Crippen LogP contribution in [0.3, 0.4) is 0 Å². The van der Waals surface area contributed by atoms with Gasteiger partial charge in [0, 0.05) is 13.2 Å². The summed E-state index contributed by atoms with van der Waals surface area (Å²) in [6.07, 6.45) is 4.49. The summed E-state index contributed by atoms with van der Waals surface area (Å²) < 4.78 is 5.34. The van der Waals surface area contributed by atoms with E-state index in [-0.39, 0.29) is 0 Å². The molecule has 0 bridgehead atoms. The second-order valence-electron chi connectivity index (χ2n) is 3.69. The van der Waals surface area contributed by atoms with Crippen molar-refractivity contribution in [1.82, 2.24) is 0 Å². The van der Waals surface area contributed by atoms with Crippen LogP contribution in [0.4, 0.5) is 0 Å². The second kappa shape index (κ2) is 4.80. The Morgan fingerprint density at radius 3 is 1.92 bits per heavy atom. The van der Waals surface area contributed by atoms with E-state index in [9.17, 15) is 0 Å². The van der Waals surface area contributed by atoms with Crippen molar-refractivity contribution >= 4 is 0 Å². The Morgan fingerprint density at radius 1 is 1.00 bits per heavy atom. The van der Waals surface area contributed by atoms with E-state index in [0.717, 1.165) is 52.0 Å². The highest BCUT2D eigenvalue weighted by Gasteiger charge is 2.30. The van der Waals surface area contributed by atoms with Gasteiger partial charge in [-0.1, -0.05) is 0 Å². The molecule has 0 aromatic rings. The zero-order valence-electron chi connectivity index (χ0n) is 7.72. The van der Waals surface area contributed by atoms with Crippen molar-refractivity contribution in [3.63, 3.8) is 0 Å². The summed E-state index contributed by atoms with van der Waals surface area (Å²) in [7, 11) is 0. The fourth-order valence-electron chi connectivity index (χ4n) is 2.04. The van der Waals surface area contributed by atoms with Crippen LogP contribution in [0.2, 0.25) is 0 Å². The van der Waals surface area contributed by atoms with Gasteiger partial charge in [-0.25, -0.2) is 0 Å². The Kier molecular flexibility index (Phi) is 3.98. The molecule has 1 fully saturated rings. The molecule has 0 amide bonds. The van der Waals surface area contributed by atoms with Gasteiger partial charge in [-0.3, -0.25) is 0 Å². The molecular formula is C9H20N2O. The van der Waals surface area contributed by atoms with E-state index in [1.54, 1.807) is 0 Å². The highest BCUT2D eigenvalue weighted by Crippen LogP contribution is 2.36. The maximum atomic E-state index is 5.59. The molecule has 4 N–H and O–H groups in total. The normalized spacial score (nSPS) is 22.5. The summed E-state index contributed by atoms with van der Waals surface area (Å²) >= 11 is 0. The van der Waals surface area contributed by atoms with Gasteiger partial charge in [0.15, 0.2) is 0 Å². The quantitative estimate of drug-likeness (QED) is 0.648. The second-order valence-corrected chi connectivity index (χ2v) is 3.69. The lowest BCUT2D eigenvalue weighted by Crippen LogP contribution is -2.33. The summed E-state index contributed by atoms with van der Waals surface area (Å²) in [6.45, 7) is 3.33. The molecule has 0 radical (unpaired) electrons. The Labute approximate surface area is 74.4 Å². The first kappa shape index (κ1) is 9.96. The molecule has 1 heterocycles. The van der Waals surface area contributed by atoms with Gasteiger partial charge in [0.25, 0.3) is 0 Å². The third-order valence-electron chi connectivity index (χ3n) is 2.90. The van der Waals surface area contributed by atoms with E-state index in [2.05, 4.69) is 0 Å². The smallest absolute Gasteiger partial charge is 0.0471 e. The predicted octanol–water partition coefficient (Wildman–Crippen LogP) is 0.481. The molecule has 1 aliphatic heterocycles. The monoisotopic (exact) mass is 172 g/mol. The van der Waals surface area contributed by atoms with E-state index in [4.69, 9.17) is 16.2 Å². The van der Waals surface area contributed by atoms with Gasteiger partial charge in [-0.05, 0) is 44.2 Å². The van der Waals surface area contributed by atoms with E-state index < -0.39 is 0 Å². The van der Waals surface area contributed by atoms with Crippen molar-refractivity contribution in [2.45, 2.75) is 25.7 Å². The van der Waals surface area contributed by atoms with Gasteiger partial charge in [0.05, 0.1) is 0 Å². The average molecular weight is 172 g/mol. The molecule has 3 nitrogen and oxygen atoms in total. The Hall–Kier alpha value is -0.120. The summed E-state index contributed by atoms with van der Waals surface area (Å²) in [5.74, 6) is 0. The Bertz CT molecular complexity index is 106. The number of ether oxygens (including phenoxy) is 1. The van der Waals surface area contributed by atoms with Crippen LogP contribution in [0.5, 0.6) is 0 Å². The lowest BCUT2D eigenvalue weighted by molar-refractivity contribution is 0.00814. The van der Waals surface area contributed by atoms with Gasteiger partial charge in [0.1, 0.15) is 0 Å². The molecule has 0 saturated carbocycles. The van der Waals surface area contributed by atoms with Crippen molar-refractivity contribution in [2.24, 2.45) is 16.9 Å². The molecule has 0 aromatic heterocycles. The third kappa shape index (κ3) is 2.44. The van der Waals surface area contributed by atoms with Crippen LogP contribution in [0.15, 0.2) is 0 Å². The summed E-state index contributed by atoms with van der Waals surface area (Å²) in [6, 6.07) is 0. The average Bonchev–Trinajstić information content (AvgIpc) is 2.07. The molecule has 0 unspecified atom stereocenters. The predicted molar refractivity (Wildman–Crippen MR) is 49.8 cm³/mol. The highest BCUT2D eigenvalue weighted by molar-refractivity contribution is 4.82. The molecule has 0 aromatic carbocycles. The molecule has 3 heteroatoms. The van der Waals surface area contributed by atoms with Crippen molar-refractivity contribution in [2.75, 3.05) is 26.3 Å². The fraction of sp³-hybridized carbons (Fsp3) is 1.00. The van der Waals surface area contributed by atoms with Crippen LogP contribution >= 0.6 is 0 Å². The summed E-state index contributed by atoms with van der Waals surface area (Å²) in [4.78, 5) is 0. The topological polar surface area (TPSA) is 61.3 Å². The largest absolute Gasteiger partial charge is 0.381 e. The van der Waals surface area contributed by atoms with Crippen molar-refractivity contribution < 1.29 is 4.74 Å². The first-order valence-electron chi connectivity index (χ1n) is 4.81. The first-order valence-corrected chi connectivity index (χ1v) is 4.81. The molecule has 0 aliphatic carbocycles. The van der Waals surface area contributed by atoms with E-state index in [1.165, 1.54) is 0 Å². The Balaban J connectivity index is 2.44. The lowest BCUT2D eigenvalue weighted by Gasteiger charge is -2.36. The van der Waals surface area contributed by atoms with Gasteiger partial charge in [-0.15, -0.1) is 0 Å². The van der Waals surface area contributed by atoms with Crippen LogP contribution in [0, 0.1) is 5.41 Å². The van der Waals surface area contributed by atoms with E-state index in [0.29, 0.717) is 5.41 Å².